The highest BCUT2D eigenvalue weighted by atomic mass is 32.1. The van der Waals surface area contributed by atoms with Crippen molar-refractivity contribution in [3.63, 3.8) is 0 Å². The van der Waals surface area contributed by atoms with E-state index < -0.39 is 0 Å². The molecule has 4 aromatic heterocycles. The van der Waals surface area contributed by atoms with E-state index in [1.807, 2.05) is 22.7 Å². The van der Waals surface area contributed by atoms with E-state index in [4.69, 9.17) is 8.83 Å². The summed E-state index contributed by atoms with van der Waals surface area (Å²) in [6.07, 6.45) is 0. The molecule has 1 aliphatic carbocycles. The third-order valence-corrected chi connectivity index (χ3v) is 20.3. The van der Waals surface area contributed by atoms with Gasteiger partial charge in [-0.25, -0.2) is 0 Å². The first kappa shape index (κ1) is 46.7. The number of hydrogen-bond donors (Lipinski definition) is 0. The molecule has 4 nitrogen and oxygen atoms in total. The number of nitrogens with zero attached hydrogens (tertiary/aromatic N) is 2. The molecule has 0 N–H and O–H groups in total. The van der Waals surface area contributed by atoms with Crippen LogP contribution < -0.4 is 9.80 Å². The maximum Gasteiger partial charge on any atom is 0.137 e. The molecule has 17 aromatic rings. The van der Waals surface area contributed by atoms with E-state index >= 15 is 0 Å². The van der Waals surface area contributed by atoms with E-state index in [0.29, 0.717) is 0 Å². The predicted octanol–water partition coefficient (Wildman–Crippen LogP) is 23.4. The number of hydrogen-bond acceptors (Lipinski definition) is 6. The fraction of sp³-hybridized carbons (Fsp3) is 0.0390. The van der Waals surface area contributed by atoms with Gasteiger partial charge in [0.15, 0.2) is 0 Å². The van der Waals surface area contributed by atoms with Gasteiger partial charge in [-0.15, -0.1) is 22.7 Å². The molecular formula is C77H48N2O2S2. The fourth-order valence-corrected chi connectivity index (χ4v) is 16.6. The van der Waals surface area contributed by atoms with Crippen LogP contribution in [0.25, 0.3) is 128 Å². The smallest absolute Gasteiger partial charge is 0.137 e. The van der Waals surface area contributed by atoms with Crippen molar-refractivity contribution >= 4 is 163 Å². The van der Waals surface area contributed by atoms with Gasteiger partial charge in [-0.05, 0) is 164 Å². The van der Waals surface area contributed by atoms with Gasteiger partial charge in [-0.3, -0.25) is 0 Å². The number of rotatable bonds is 7. The first-order valence-electron chi connectivity index (χ1n) is 28.4. The number of fused-ring (bicyclic) bond motifs is 21. The summed E-state index contributed by atoms with van der Waals surface area (Å²) < 4.78 is 18.7. The minimum atomic E-state index is -0.207. The second-order valence-corrected chi connectivity index (χ2v) is 24.8. The maximum atomic E-state index is 6.79. The summed E-state index contributed by atoms with van der Waals surface area (Å²) in [5.41, 5.74) is 17.5. The molecule has 83 heavy (non-hydrogen) atoms. The van der Waals surface area contributed by atoms with Crippen molar-refractivity contribution in [1.82, 2.24) is 0 Å². The molecule has 0 fully saturated rings. The fourth-order valence-electron chi connectivity index (χ4n) is 13.8. The van der Waals surface area contributed by atoms with Gasteiger partial charge < -0.3 is 18.6 Å². The van der Waals surface area contributed by atoms with Gasteiger partial charge in [0, 0.05) is 114 Å². The van der Waals surface area contributed by atoms with Crippen LogP contribution in [0.15, 0.2) is 264 Å². The second kappa shape index (κ2) is 17.5. The van der Waals surface area contributed by atoms with Gasteiger partial charge in [0.05, 0.1) is 0 Å². The lowest BCUT2D eigenvalue weighted by Gasteiger charge is -2.27. The Balaban J connectivity index is 0.696. The van der Waals surface area contributed by atoms with E-state index in [2.05, 4.69) is 278 Å². The highest BCUT2D eigenvalue weighted by Crippen LogP contribution is 2.53. The first-order chi connectivity index (χ1) is 40.9. The number of anilines is 6. The average Bonchev–Trinajstić information content (AvgIpc) is 4.44. The molecule has 18 rings (SSSR count). The summed E-state index contributed by atoms with van der Waals surface area (Å²) in [6.45, 7) is 4.76. The van der Waals surface area contributed by atoms with Crippen LogP contribution in [-0.4, -0.2) is 0 Å². The minimum absolute atomic E-state index is 0.207. The van der Waals surface area contributed by atoms with E-state index in [1.165, 1.54) is 106 Å². The van der Waals surface area contributed by atoms with Gasteiger partial charge in [0.25, 0.3) is 0 Å². The molecule has 6 heteroatoms. The standard InChI is InChI=1S/C77H48N2O2S2/c1-77(2)65-37-28-52(79(51-19-10-5-11-20-51)54-27-34-63-70(44-54)81-67-38-35-60-58-31-22-45-14-12-13-21-55(45)73(58)82-75(60)71(63)67)42-64(65)57-30-24-47(41-66(57)77)46-23-29-56-48(40-46)25-32-59-61-36-39-68-72(76(61)83-74(56)59)62-33-26-53(43-69(62)80-68)78(49-15-6-3-7-16-49)50-17-8-4-9-18-50/h3-44H,1-2H3. The molecule has 0 spiro atoms. The third kappa shape index (κ3) is 6.91. The molecule has 0 bridgehead atoms. The number of thiophene rings is 2. The molecule has 0 radical (unpaired) electrons. The lowest BCUT2D eigenvalue weighted by Crippen LogP contribution is -2.15. The van der Waals surface area contributed by atoms with Crippen LogP contribution in [0, 0.1) is 0 Å². The van der Waals surface area contributed by atoms with Gasteiger partial charge >= 0.3 is 0 Å². The van der Waals surface area contributed by atoms with Crippen LogP contribution in [0.2, 0.25) is 0 Å². The molecule has 0 unspecified atom stereocenters. The van der Waals surface area contributed by atoms with Gasteiger partial charge in [-0.1, -0.05) is 147 Å². The molecule has 390 valence electrons. The van der Waals surface area contributed by atoms with Crippen molar-refractivity contribution in [2.24, 2.45) is 0 Å². The summed E-state index contributed by atoms with van der Waals surface area (Å²) in [4.78, 5) is 4.66. The topological polar surface area (TPSA) is 32.8 Å². The Morgan fingerprint density at radius 3 is 1.34 bits per heavy atom. The SMILES string of the molecule is CC1(C)c2ccc(N(c3ccccc3)c3ccc4c(c3)oc3ccc5c6ccc7ccccc7c6sc5c34)cc2-c2ccc(-c3ccc4c(ccc5c6ccc7oc8cc(N(c9ccccc9)c9ccccc9)ccc8c7c6sc45)c3)cc21. The summed E-state index contributed by atoms with van der Waals surface area (Å²) in [5, 5.41) is 14.8. The Bertz CT molecular complexity index is 5520. The van der Waals surface area contributed by atoms with Crippen molar-refractivity contribution in [2.45, 2.75) is 19.3 Å². The van der Waals surface area contributed by atoms with E-state index in [0.717, 1.165) is 67.2 Å². The highest BCUT2D eigenvalue weighted by molar-refractivity contribution is 7.28. The van der Waals surface area contributed by atoms with Crippen molar-refractivity contribution in [3.8, 4) is 22.3 Å². The zero-order valence-electron chi connectivity index (χ0n) is 45.3. The number of para-hydroxylation sites is 3. The van der Waals surface area contributed by atoms with E-state index in [9.17, 15) is 0 Å². The van der Waals surface area contributed by atoms with Crippen molar-refractivity contribution in [2.75, 3.05) is 9.80 Å². The quantitative estimate of drug-likeness (QED) is 0.159. The molecular weight excluding hydrogens is 1050 g/mol. The second-order valence-electron chi connectivity index (χ2n) is 22.7. The van der Waals surface area contributed by atoms with Crippen molar-refractivity contribution in [1.29, 1.82) is 0 Å². The molecule has 0 aliphatic heterocycles. The first-order valence-corrected chi connectivity index (χ1v) is 30.0. The van der Waals surface area contributed by atoms with Crippen LogP contribution in [0.3, 0.4) is 0 Å². The molecule has 0 atom stereocenters. The highest BCUT2D eigenvalue weighted by Gasteiger charge is 2.36. The Labute approximate surface area is 485 Å². The summed E-state index contributed by atoms with van der Waals surface area (Å²) in [5.74, 6) is 0. The zero-order valence-corrected chi connectivity index (χ0v) is 46.9. The molecule has 1 aliphatic rings. The zero-order chi connectivity index (χ0) is 54.7. The minimum Gasteiger partial charge on any atom is -0.456 e. The normalized spacial score (nSPS) is 13.0. The van der Waals surface area contributed by atoms with Gasteiger partial charge in [0.1, 0.15) is 22.3 Å². The predicted molar refractivity (Wildman–Crippen MR) is 354 cm³/mol. The molecule has 4 heterocycles. The van der Waals surface area contributed by atoms with Crippen LogP contribution in [-0.2, 0) is 5.41 Å². The van der Waals surface area contributed by atoms with Crippen LogP contribution in [0.1, 0.15) is 25.0 Å². The van der Waals surface area contributed by atoms with Crippen LogP contribution in [0.4, 0.5) is 34.1 Å². The Morgan fingerprint density at radius 2 is 0.735 bits per heavy atom. The van der Waals surface area contributed by atoms with E-state index in [-0.39, 0.29) is 5.41 Å². The molecule has 0 saturated carbocycles. The van der Waals surface area contributed by atoms with Crippen molar-refractivity contribution in [3.05, 3.63) is 266 Å². The monoisotopic (exact) mass is 1100 g/mol. The Kier molecular flexibility index (Phi) is 9.86. The number of benzene rings is 13. The summed E-state index contributed by atoms with van der Waals surface area (Å²) in [6, 6.07) is 93.1. The van der Waals surface area contributed by atoms with Gasteiger partial charge in [-0.2, -0.15) is 0 Å². The largest absolute Gasteiger partial charge is 0.456 e. The Morgan fingerprint density at radius 1 is 0.289 bits per heavy atom. The number of furan rings is 2. The van der Waals surface area contributed by atoms with Crippen LogP contribution in [0.5, 0.6) is 0 Å². The lowest BCUT2D eigenvalue weighted by molar-refractivity contribution is 0.660. The molecule has 13 aromatic carbocycles. The average molecular weight is 1100 g/mol. The van der Waals surface area contributed by atoms with E-state index in [1.54, 1.807) is 0 Å². The molecule has 0 amide bonds. The third-order valence-electron chi connectivity index (χ3n) is 17.8. The molecule has 0 saturated heterocycles. The summed E-state index contributed by atoms with van der Waals surface area (Å²) >= 11 is 3.76. The maximum absolute atomic E-state index is 6.79. The van der Waals surface area contributed by atoms with Gasteiger partial charge in [0.2, 0.25) is 0 Å². The van der Waals surface area contributed by atoms with Crippen molar-refractivity contribution < 1.29 is 8.83 Å². The van der Waals surface area contributed by atoms with Crippen LogP contribution >= 0.6 is 22.7 Å². The lowest BCUT2D eigenvalue weighted by atomic mass is 9.81. The summed E-state index contributed by atoms with van der Waals surface area (Å²) in [7, 11) is 0. The Hall–Kier alpha value is -9.98.